The quantitative estimate of drug-likeness (QED) is 0.855. The number of urea groups is 1. The molecule has 0 radical (unpaired) electrons. The number of carbonyl (C=O) groups excluding carboxylic acids is 1. The summed E-state index contributed by atoms with van der Waals surface area (Å²) in [6.45, 7) is 8.92. The van der Waals surface area contributed by atoms with Crippen molar-refractivity contribution in [2.75, 3.05) is 40.3 Å². The summed E-state index contributed by atoms with van der Waals surface area (Å²) < 4.78 is 0. The zero-order valence-corrected chi connectivity index (χ0v) is 14.3. The molecule has 2 heterocycles. The van der Waals surface area contributed by atoms with E-state index in [9.17, 15) is 4.79 Å². The molecule has 0 aromatic carbocycles. The van der Waals surface area contributed by atoms with Gasteiger partial charge in [0.05, 0.1) is 5.01 Å². The molecule has 21 heavy (non-hydrogen) atoms. The third-order valence-electron chi connectivity index (χ3n) is 3.59. The molecule has 0 aliphatic carbocycles. The van der Waals surface area contributed by atoms with Crippen molar-refractivity contribution in [3.8, 4) is 0 Å². The summed E-state index contributed by atoms with van der Waals surface area (Å²) in [4.78, 5) is 23.7. The summed E-state index contributed by atoms with van der Waals surface area (Å²) in [5.74, 6) is 0.657. The van der Waals surface area contributed by atoms with Crippen molar-refractivity contribution >= 4 is 17.4 Å². The minimum atomic E-state index is 0.117. The largest absolute Gasteiger partial charge is 0.331 e. The van der Waals surface area contributed by atoms with Gasteiger partial charge in [-0.1, -0.05) is 13.8 Å². The van der Waals surface area contributed by atoms with Crippen LogP contribution in [-0.2, 0) is 13.0 Å². The van der Waals surface area contributed by atoms with Gasteiger partial charge in [0.25, 0.3) is 0 Å². The fourth-order valence-electron chi connectivity index (χ4n) is 2.47. The molecule has 0 saturated carbocycles. The fourth-order valence-corrected chi connectivity index (χ4v) is 3.64. The molecular weight excluding hydrogens is 284 g/mol. The topological polar surface area (TPSA) is 39.7 Å². The second kappa shape index (κ2) is 7.22. The number of amides is 2. The third-order valence-corrected chi connectivity index (χ3v) is 4.59. The minimum absolute atomic E-state index is 0.117. The molecule has 2 amide bonds. The average Bonchev–Trinajstić information content (AvgIpc) is 2.85. The molecule has 1 aromatic rings. The zero-order valence-electron chi connectivity index (χ0n) is 13.5. The normalized spacial score (nSPS) is 16.5. The number of piperazine rings is 1. The number of hydrogen-bond donors (Lipinski definition) is 0. The van der Waals surface area contributed by atoms with E-state index in [2.05, 4.69) is 23.7 Å². The second-order valence-electron chi connectivity index (χ2n) is 6.26. The van der Waals surface area contributed by atoms with Crippen molar-refractivity contribution in [1.82, 2.24) is 19.7 Å². The summed E-state index contributed by atoms with van der Waals surface area (Å²) in [6.07, 6.45) is 3.08. The van der Waals surface area contributed by atoms with Crippen molar-refractivity contribution in [2.24, 2.45) is 5.92 Å². The highest BCUT2D eigenvalue weighted by Crippen LogP contribution is 2.19. The van der Waals surface area contributed by atoms with E-state index in [-0.39, 0.29) is 6.03 Å². The summed E-state index contributed by atoms with van der Waals surface area (Å²) in [5.41, 5.74) is 0. The van der Waals surface area contributed by atoms with Crippen molar-refractivity contribution in [3.05, 3.63) is 16.1 Å². The Bertz CT molecular complexity index is 464. The smallest absolute Gasteiger partial charge is 0.319 e. The van der Waals surface area contributed by atoms with E-state index in [1.807, 2.05) is 36.5 Å². The van der Waals surface area contributed by atoms with E-state index in [0.29, 0.717) is 5.92 Å². The van der Waals surface area contributed by atoms with E-state index >= 15 is 0 Å². The lowest BCUT2D eigenvalue weighted by Gasteiger charge is -2.35. The monoisotopic (exact) mass is 310 g/mol. The van der Waals surface area contributed by atoms with Crippen LogP contribution < -0.4 is 0 Å². The molecule has 1 aliphatic rings. The second-order valence-corrected chi connectivity index (χ2v) is 7.46. The molecule has 5 nitrogen and oxygen atoms in total. The first-order valence-electron chi connectivity index (χ1n) is 7.58. The zero-order chi connectivity index (χ0) is 15.4. The van der Waals surface area contributed by atoms with Crippen LogP contribution in [0.2, 0.25) is 0 Å². The molecule has 1 fully saturated rings. The Labute approximate surface area is 131 Å². The third kappa shape index (κ3) is 4.68. The van der Waals surface area contributed by atoms with Gasteiger partial charge in [-0.15, -0.1) is 11.3 Å². The molecule has 0 bridgehead atoms. The number of thiazole rings is 1. The number of aromatic nitrogens is 1. The van der Waals surface area contributed by atoms with Gasteiger partial charge in [-0.25, -0.2) is 9.78 Å². The lowest BCUT2D eigenvalue weighted by atomic mass is 10.1. The van der Waals surface area contributed by atoms with Crippen LogP contribution in [0.15, 0.2) is 6.20 Å². The van der Waals surface area contributed by atoms with Crippen molar-refractivity contribution in [2.45, 2.75) is 26.8 Å². The van der Waals surface area contributed by atoms with Crippen molar-refractivity contribution in [3.63, 3.8) is 0 Å². The standard InChI is InChI=1S/C15H26N4OS/c1-12(2)9-14-16-10-13(21-14)11-18-5-7-19(8-6-18)15(20)17(3)4/h10,12H,5-9,11H2,1-4H3. The van der Waals surface area contributed by atoms with E-state index in [1.54, 1.807) is 4.90 Å². The van der Waals surface area contributed by atoms with Gasteiger partial charge in [0.2, 0.25) is 0 Å². The van der Waals surface area contributed by atoms with Gasteiger partial charge in [-0.05, 0) is 5.92 Å². The van der Waals surface area contributed by atoms with Gasteiger partial charge in [0, 0.05) is 64.3 Å². The predicted octanol–water partition coefficient (Wildman–Crippen LogP) is 2.14. The molecule has 0 unspecified atom stereocenters. The maximum Gasteiger partial charge on any atom is 0.319 e. The van der Waals surface area contributed by atoms with Crippen molar-refractivity contribution < 1.29 is 4.79 Å². The molecule has 1 aliphatic heterocycles. The molecule has 118 valence electrons. The van der Waals surface area contributed by atoms with Crippen LogP contribution in [0, 0.1) is 5.92 Å². The molecule has 0 spiro atoms. The van der Waals surface area contributed by atoms with Crippen LogP contribution in [0.4, 0.5) is 4.79 Å². The van der Waals surface area contributed by atoms with E-state index in [4.69, 9.17) is 0 Å². The minimum Gasteiger partial charge on any atom is -0.331 e. The molecule has 6 heteroatoms. The van der Waals surface area contributed by atoms with Gasteiger partial charge in [0.15, 0.2) is 0 Å². The Hall–Kier alpha value is -1.14. The highest BCUT2D eigenvalue weighted by Gasteiger charge is 2.22. The Morgan fingerprint density at radius 3 is 2.57 bits per heavy atom. The fraction of sp³-hybridized carbons (Fsp3) is 0.733. The first-order valence-corrected chi connectivity index (χ1v) is 8.39. The van der Waals surface area contributed by atoms with Crippen LogP contribution in [0.3, 0.4) is 0 Å². The maximum absolute atomic E-state index is 11.9. The van der Waals surface area contributed by atoms with E-state index < -0.39 is 0 Å². The summed E-state index contributed by atoms with van der Waals surface area (Å²) >= 11 is 1.83. The highest BCUT2D eigenvalue weighted by molar-refractivity contribution is 7.11. The molecular formula is C15H26N4OS. The molecule has 1 saturated heterocycles. The lowest BCUT2D eigenvalue weighted by molar-refractivity contribution is 0.120. The van der Waals surface area contributed by atoms with Gasteiger partial charge in [0.1, 0.15) is 0 Å². The summed E-state index contributed by atoms with van der Waals surface area (Å²) in [7, 11) is 3.62. The summed E-state index contributed by atoms with van der Waals surface area (Å²) in [6, 6.07) is 0.117. The van der Waals surface area contributed by atoms with Crippen LogP contribution in [0.5, 0.6) is 0 Å². The van der Waals surface area contributed by atoms with Gasteiger partial charge >= 0.3 is 6.03 Å². The summed E-state index contributed by atoms with van der Waals surface area (Å²) in [5, 5.41) is 1.24. The molecule has 2 rings (SSSR count). The van der Waals surface area contributed by atoms with Crippen LogP contribution in [0.25, 0.3) is 0 Å². The first-order chi connectivity index (χ1) is 9.95. The number of nitrogens with zero attached hydrogens (tertiary/aromatic N) is 4. The Morgan fingerprint density at radius 2 is 2.00 bits per heavy atom. The van der Waals surface area contributed by atoms with Crippen molar-refractivity contribution in [1.29, 1.82) is 0 Å². The Balaban J connectivity index is 1.81. The van der Waals surface area contributed by atoms with Crippen LogP contribution in [-0.4, -0.2) is 66.0 Å². The van der Waals surface area contributed by atoms with E-state index in [1.165, 1.54) is 9.88 Å². The van der Waals surface area contributed by atoms with E-state index in [0.717, 1.165) is 39.1 Å². The van der Waals surface area contributed by atoms with Gasteiger partial charge in [-0.2, -0.15) is 0 Å². The lowest BCUT2D eigenvalue weighted by Crippen LogP contribution is -2.51. The predicted molar refractivity (Wildman–Crippen MR) is 86.6 cm³/mol. The highest BCUT2D eigenvalue weighted by atomic mass is 32.1. The molecule has 0 atom stereocenters. The van der Waals surface area contributed by atoms with Crippen LogP contribution in [0.1, 0.15) is 23.7 Å². The average molecular weight is 310 g/mol. The number of hydrogen-bond acceptors (Lipinski definition) is 4. The van der Waals surface area contributed by atoms with Crippen LogP contribution >= 0.6 is 11.3 Å². The first kappa shape index (κ1) is 16.2. The molecule has 1 aromatic heterocycles. The maximum atomic E-state index is 11.9. The number of carbonyl (C=O) groups is 1. The van der Waals surface area contributed by atoms with Gasteiger partial charge in [-0.3, -0.25) is 4.90 Å². The Morgan fingerprint density at radius 1 is 1.33 bits per heavy atom. The SMILES string of the molecule is CC(C)Cc1ncc(CN2CCN(C(=O)N(C)C)CC2)s1. The number of rotatable bonds is 4. The van der Waals surface area contributed by atoms with Gasteiger partial charge < -0.3 is 9.80 Å². The Kier molecular flexibility index (Phi) is 5.58. The molecule has 0 N–H and O–H groups in total.